The lowest BCUT2D eigenvalue weighted by molar-refractivity contribution is 0.292. The molecule has 1 atom stereocenters. The second kappa shape index (κ2) is 16.6. The predicted molar refractivity (Wildman–Crippen MR) is 113 cm³/mol. The number of unbranched alkanes of at least 4 members (excludes halogenated alkanes) is 4. The quantitative estimate of drug-likeness (QED) is 0.269. The smallest absolute Gasteiger partial charge is 0.191 e. The summed E-state index contributed by atoms with van der Waals surface area (Å²) in [4.78, 5) is 9.10. The molecular formula is C20H45N5. The number of aliphatic imine (C=N–C) groups is 1. The van der Waals surface area contributed by atoms with Crippen LogP contribution in [0.5, 0.6) is 0 Å². The molecule has 5 heteroatoms. The second-order valence-electron chi connectivity index (χ2n) is 7.28. The number of rotatable bonds is 15. The van der Waals surface area contributed by atoms with Gasteiger partial charge in [-0.2, -0.15) is 0 Å². The van der Waals surface area contributed by atoms with Crippen molar-refractivity contribution in [2.45, 2.75) is 71.8 Å². The molecule has 0 bridgehead atoms. The molecule has 0 rings (SSSR count). The molecule has 0 aliphatic heterocycles. The van der Waals surface area contributed by atoms with E-state index in [0.717, 1.165) is 25.6 Å². The molecule has 25 heavy (non-hydrogen) atoms. The number of nitrogens with zero attached hydrogens (tertiary/aromatic N) is 3. The third-order valence-electron chi connectivity index (χ3n) is 4.69. The van der Waals surface area contributed by atoms with Gasteiger partial charge in [-0.15, -0.1) is 0 Å². The molecule has 0 aliphatic rings. The summed E-state index contributed by atoms with van der Waals surface area (Å²) in [5, 5.41) is 6.97. The highest BCUT2D eigenvalue weighted by molar-refractivity contribution is 5.79. The zero-order chi connectivity index (χ0) is 18.9. The summed E-state index contributed by atoms with van der Waals surface area (Å²) in [6.07, 6.45) is 8.94. The maximum absolute atomic E-state index is 4.35. The lowest BCUT2D eigenvalue weighted by atomic mass is 10.1. The van der Waals surface area contributed by atoms with Gasteiger partial charge in [-0.1, -0.05) is 33.1 Å². The first-order valence-electron chi connectivity index (χ1n) is 10.4. The lowest BCUT2D eigenvalue weighted by Gasteiger charge is -2.21. The van der Waals surface area contributed by atoms with Gasteiger partial charge in [-0.3, -0.25) is 4.99 Å². The molecule has 0 saturated heterocycles. The lowest BCUT2D eigenvalue weighted by Crippen LogP contribution is -2.42. The Hall–Kier alpha value is -0.810. The van der Waals surface area contributed by atoms with Crippen LogP contribution in [0.2, 0.25) is 0 Å². The Kier molecular flexibility index (Phi) is 16.1. The van der Waals surface area contributed by atoms with Crippen LogP contribution in [-0.4, -0.2) is 75.7 Å². The molecule has 0 fully saturated rings. The Morgan fingerprint density at radius 2 is 1.56 bits per heavy atom. The van der Waals surface area contributed by atoms with E-state index in [1.807, 2.05) is 7.05 Å². The van der Waals surface area contributed by atoms with Crippen molar-refractivity contribution in [3.05, 3.63) is 0 Å². The molecule has 0 radical (unpaired) electrons. The van der Waals surface area contributed by atoms with Gasteiger partial charge >= 0.3 is 0 Å². The van der Waals surface area contributed by atoms with E-state index in [0.29, 0.717) is 6.04 Å². The molecule has 0 saturated carbocycles. The van der Waals surface area contributed by atoms with Crippen LogP contribution in [0, 0.1) is 0 Å². The maximum Gasteiger partial charge on any atom is 0.191 e. The van der Waals surface area contributed by atoms with Crippen molar-refractivity contribution in [3.8, 4) is 0 Å². The fraction of sp³-hybridized carbons (Fsp3) is 0.950. The standard InChI is InChI=1S/C20H45N5/c1-7-25(8-2)18-14-15-19(3)23-20(21-4)22-16-12-10-9-11-13-17-24(5)6/h19H,7-18H2,1-6H3,(H2,21,22,23). The third-order valence-corrected chi connectivity index (χ3v) is 4.69. The topological polar surface area (TPSA) is 42.9 Å². The minimum absolute atomic E-state index is 0.466. The van der Waals surface area contributed by atoms with Gasteiger partial charge in [0.05, 0.1) is 0 Å². The summed E-state index contributed by atoms with van der Waals surface area (Å²) in [5.74, 6) is 0.947. The summed E-state index contributed by atoms with van der Waals surface area (Å²) in [6, 6.07) is 0.466. The van der Waals surface area contributed by atoms with Crippen LogP contribution in [0.25, 0.3) is 0 Å². The summed E-state index contributed by atoms with van der Waals surface area (Å²) < 4.78 is 0. The van der Waals surface area contributed by atoms with E-state index in [-0.39, 0.29) is 0 Å². The van der Waals surface area contributed by atoms with Crippen LogP contribution in [0.4, 0.5) is 0 Å². The largest absolute Gasteiger partial charge is 0.356 e. The van der Waals surface area contributed by atoms with Crippen molar-refractivity contribution in [3.63, 3.8) is 0 Å². The first-order chi connectivity index (χ1) is 12.0. The minimum atomic E-state index is 0.466. The SMILES string of the molecule is CCN(CC)CCCC(C)NC(=NC)NCCCCCCCN(C)C. The highest BCUT2D eigenvalue weighted by Crippen LogP contribution is 2.03. The molecule has 0 amide bonds. The molecule has 150 valence electrons. The van der Waals surface area contributed by atoms with Crippen LogP contribution < -0.4 is 10.6 Å². The summed E-state index contributed by atoms with van der Waals surface area (Å²) in [5.41, 5.74) is 0. The first kappa shape index (κ1) is 24.2. The monoisotopic (exact) mass is 355 g/mol. The fourth-order valence-corrected chi connectivity index (χ4v) is 2.95. The maximum atomic E-state index is 4.35. The normalized spacial score (nSPS) is 13.5. The number of hydrogen-bond acceptors (Lipinski definition) is 3. The van der Waals surface area contributed by atoms with Crippen LogP contribution >= 0.6 is 0 Å². The third kappa shape index (κ3) is 15.2. The van der Waals surface area contributed by atoms with Gasteiger partial charge in [0.15, 0.2) is 5.96 Å². The van der Waals surface area contributed by atoms with E-state index in [1.165, 1.54) is 58.0 Å². The predicted octanol–water partition coefficient (Wildman–Crippen LogP) is 3.17. The zero-order valence-corrected chi connectivity index (χ0v) is 17.9. The molecular weight excluding hydrogens is 310 g/mol. The van der Waals surface area contributed by atoms with Crippen molar-refractivity contribution in [2.75, 3.05) is 53.9 Å². The van der Waals surface area contributed by atoms with E-state index < -0.39 is 0 Å². The van der Waals surface area contributed by atoms with Crippen LogP contribution in [0.15, 0.2) is 4.99 Å². The molecule has 2 N–H and O–H groups in total. The molecule has 0 aromatic rings. The Balaban J connectivity index is 3.67. The van der Waals surface area contributed by atoms with Gasteiger partial charge in [-0.05, 0) is 72.9 Å². The molecule has 5 nitrogen and oxygen atoms in total. The van der Waals surface area contributed by atoms with Gasteiger partial charge in [0.25, 0.3) is 0 Å². The van der Waals surface area contributed by atoms with E-state index in [9.17, 15) is 0 Å². The van der Waals surface area contributed by atoms with Crippen molar-refractivity contribution in [2.24, 2.45) is 4.99 Å². The highest BCUT2D eigenvalue weighted by atomic mass is 15.2. The van der Waals surface area contributed by atoms with E-state index >= 15 is 0 Å². The van der Waals surface area contributed by atoms with Gasteiger partial charge in [-0.25, -0.2) is 0 Å². The van der Waals surface area contributed by atoms with Gasteiger partial charge in [0.1, 0.15) is 0 Å². The van der Waals surface area contributed by atoms with Crippen molar-refractivity contribution >= 4 is 5.96 Å². The van der Waals surface area contributed by atoms with Crippen molar-refractivity contribution in [1.82, 2.24) is 20.4 Å². The molecule has 0 aromatic carbocycles. The Morgan fingerprint density at radius 3 is 2.16 bits per heavy atom. The summed E-state index contributed by atoms with van der Waals surface area (Å²) >= 11 is 0. The van der Waals surface area contributed by atoms with Crippen LogP contribution in [0.1, 0.15) is 65.7 Å². The Labute approximate surface area is 157 Å². The van der Waals surface area contributed by atoms with E-state index in [2.05, 4.69) is 60.3 Å². The van der Waals surface area contributed by atoms with E-state index in [1.54, 1.807) is 0 Å². The molecule has 0 aliphatic carbocycles. The summed E-state index contributed by atoms with van der Waals surface area (Å²) in [6.45, 7) is 12.4. The van der Waals surface area contributed by atoms with Crippen molar-refractivity contribution in [1.29, 1.82) is 0 Å². The molecule has 0 aromatic heterocycles. The second-order valence-corrected chi connectivity index (χ2v) is 7.28. The average Bonchev–Trinajstić information content (AvgIpc) is 2.59. The van der Waals surface area contributed by atoms with Crippen molar-refractivity contribution < 1.29 is 0 Å². The summed E-state index contributed by atoms with van der Waals surface area (Å²) in [7, 11) is 6.15. The Bertz CT molecular complexity index is 313. The Morgan fingerprint density at radius 1 is 0.920 bits per heavy atom. The minimum Gasteiger partial charge on any atom is -0.356 e. The molecule has 1 unspecified atom stereocenters. The van der Waals surface area contributed by atoms with Gasteiger partial charge < -0.3 is 20.4 Å². The molecule has 0 heterocycles. The van der Waals surface area contributed by atoms with E-state index in [4.69, 9.17) is 0 Å². The highest BCUT2D eigenvalue weighted by Gasteiger charge is 2.06. The zero-order valence-electron chi connectivity index (χ0n) is 17.9. The van der Waals surface area contributed by atoms with Crippen LogP contribution in [0.3, 0.4) is 0 Å². The van der Waals surface area contributed by atoms with Crippen LogP contribution in [-0.2, 0) is 0 Å². The average molecular weight is 356 g/mol. The number of nitrogens with one attached hydrogen (secondary N) is 2. The number of guanidine groups is 1. The van der Waals surface area contributed by atoms with Gasteiger partial charge in [0, 0.05) is 19.6 Å². The molecule has 0 spiro atoms. The first-order valence-corrected chi connectivity index (χ1v) is 10.4. The fourth-order valence-electron chi connectivity index (χ4n) is 2.95. The van der Waals surface area contributed by atoms with Gasteiger partial charge in [0.2, 0.25) is 0 Å². The number of hydrogen-bond donors (Lipinski definition) is 2.